The van der Waals surface area contributed by atoms with E-state index in [2.05, 4.69) is 10.1 Å². The van der Waals surface area contributed by atoms with E-state index >= 15 is 0 Å². The number of aryl methyl sites for hydroxylation is 1. The summed E-state index contributed by atoms with van der Waals surface area (Å²) in [4.78, 5) is 4.63. The molecule has 0 bridgehead atoms. The van der Waals surface area contributed by atoms with Crippen LogP contribution in [-0.4, -0.2) is 50.2 Å². The Balaban J connectivity index is 1.46. The summed E-state index contributed by atoms with van der Waals surface area (Å²) in [5, 5.41) is 4.04. The number of methoxy groups -OCH3 is 2. The minimum absolute atomic E-state index is 0.130. The van der Waals surface area contributed by atoms with Crippen LogP contribution in [0.15, 0.2) is 51.9 Å². The second kappa shape index (κ2) is 8.08. The van der Waals surface area contributed by atoms with Gasteiger partial charge in [-0.25, -0.2) is 8.42 Å². The van der Waals surface area contributed by atoms with Gasteiger partial charge in [0.25, 0.3) is 0 Å². The Kier molecular flexibility index (Phi) is 5.48. The Hall–Kier alpha value is -2.91. The van der Waals surface area contributed by atoms with Gasteiger partial charge in [0.1, 0.15) is 16.4 Å². The fourth-order valence-corrected chi connectivity index (χ4v) is 5.21. The Morgan fingerprint density at radius 2 is 1.83 bits per heavy atom. The monoisotopic (exact) mass is 429 g/mol. The summed E-state index contributed by atoms with van der Waals surface area (Å²) in [6.45, 7) is 2.42. The van der Waals surface area contributed by atoms with Crippen LogP contribution in [0.25, 0.3) is 0 Å². The van der Waals surface area contributed by atoms with Crippen LogP contribution in [0.2, 0.25) is 0 Å². The molecule has 0 spiro atoms. The standard InChI is InChI=1S/C21H23N3O5S/c1-14-8-9-18(28-3)19(10-14)30(25,26)24-12-16(13-24)21-22-20(23-29-21)11-15-6-4-5-7-17(15)27-2/h4-10,16H,11-13H2,1-3H3. The Labute approximate surface area is 175 Å². The molecule has 0 aliphatic carbocycles. The van der Waals surface area contributed by atoms with Crippen LogP contribution in [0.4, 0.5) is 0 Å². The summed E-state index contributed by atoms with van der Waals surface area (Å²) in [5.74, 6) is 1.95. The first-order chi connectivity index (χ1) is 14.4. The number of aromatic nitrogens is 2. The zero-order chi connectivity index (χ0) is 21.3. The summed E-state index contributed by atoms with van der Waals surface area (Å²) in [6.07, 6.45) is 0.475. The first-order valence-corrected chi connectivity index (χ1v) is 11.0. The van der Waals surface area contributed by atoms with E-state index in [1.54, 1.807) is 19.2 Å². The van der Waals surface area contributed by atoms with E-state index < -0.39 is 10.0 Å². The molecule has 4 rings (SSSR count). The highest BCUT2D eigenvalue weighted by atomic mass is 32.2. The van der Waals surface area contributed by atoms with Crippen molar-refractivity contribution < 1.29 is 22.4 Å². The molecule has 0 N–H and O–H groups in total. The van der Waals surface area contributed by atoms with E-state index in [1.165, 1.54) is 11.4 Å². The SMILES string of the molecule is COc1ccccc1Cc1noc(C2CN(S(=O)(=O)c3cc(C)ccc3OC)C2)n1. The van der Waals surface area contributed by atoms with E-state index in [-0.39, 0.29) is 23.9 Å². The van der Waals surface area contributed by atoms with Crippen molar-refractivity contribution in [1.29, 1.82) is 0 Å². The third kappa shape index (κ3) is 3.78. The van der Waals surface area contributed by atoms with Gasteiger partial charge in [-0.05, 0) is 30.7 Å². The smallest absolute Gasteiger partial charge is 0.246 e. The highest BCUT2D eigenvalue weighted by molar-refractivity contribution is 7.89. The maximum Gasteiger partial charge on any atom is 0.246 e. The fraction of sp³-hybridized carbons (Fsp3) is 0.333. The van der Waals surface area contributed by atoms with Crippen LogP contribution in [0, 0.1) is 6.92 Å². The Morgan fingerprint density at radius 3 is 2.57 bits per heavy atom. The molecule has 30 heavy (non-hydrogen) atoms. The molecule has 2 heterocycles. The quantitative estimate of drug-likeness (QED) is 0.570. The molecule has 1 saturated heterocycles. The van der Waals surface area contributed by atoms with Crippen LogP contribution in [0.5, 0.6) is 11.5 Å². The van der Waals surface area contributed by atoms with Crippen molar-refractivity contribution in [2.45, 2.75) is 24.2 Å². The molecule has 1 aliphatic rings. The van der Waals surface area contributed by atoms with Gasteiger partial charge in [0, 0.05) is 25.1 Å². The summed E-state index contributed by atoms with van der Waals surface area (Å²) >= 11 is 0. The van der Waals surface area contributed by atoms with Crippen LogP contribution in [0.1, 0.15) is 28.8 Å². The molecule has 1 fully saturated rings. The zero-order valence-corrected chi connectivity index (χ0v) is 17.8. The minimum atomic E-state index is -3.66. The van der Waals surface area contributed by atoms with Crippen molar-refractivity contribution in [1.82, 2.24) is 14.4 Å². The highest BCUT2D eigenvalue weighted by Gasteiger charge is 2.41. The second-order valence-corrected chi connectivity index (χ2v) is 9.12. The molecule has 0 unspecified atom stereocenters. The van der Waals surface area contributed by atoms with E-state index in [1.807, 2.05) is 37.3 Å². The molecule has 1 aromatic heterocycles. The lowest BCUT2D eigenvalue weighted by molar-refractivity contribution is 0.216. The Bertz CT molecular complexity index is 1150. The van der Waals surface area contributed by atoms with Gasteiger partial charge in [-0.3, -0.25) is 0 Å². The fourth-order valence-electron chi connectivity index (χ4n) is 3.44. The van der Waals surface area contributed by atoms with Gasteiger partial charge in [-0.1, -0.05) is 29.4 Å². The van der Waals surface area contributed by atoms with Gasteiger partial charge in [-0.2, -0.15) is 9.29 Å². The van der Waals surface area contributed by atoms with Crippen molar-refractivity contribution >= 4 is 10.0 Å². The van der Waals surface area contributed by atoms with Crippen molar-refractivity contribution in [2.75, 3.05) is 27.3 Å². The molecule has 3 aromatic rings. The predicted molar refractivity (Wildman–Crippen MR) is 109 cm³/mol. The lowest BCUT2D eigenvalue weighted by atomic mass is 10.0. The summed E-state index contributed by atoms with van der Waals surface area (Å²) in [6, 6.07) is 12.8. The van der Waals surface area contributed by atoms with Crippen LogP contribution >= 0.6 is 0 Å². The molecule has 2 aromatic carbocycles. The van der Waals surface area contributed by atoms with Gasteiger partial charge in [0.2, 0.25) is 15.9 Å². The van der Waals surface area contributed by atoms with E-state index in [0.29, 0.717) is 23.9 Å². The Morgan fingerprint density at radius 1 is 1.10 bits per heavy atom. The van der Waals surface area contributed by atoms with Gasteiger partial charge in [0.05, 0.1) is 20.1 Å². The zero-order valence-electron chi connectivity index (χ0n) is 17.0. The van der Waals surface area contributed by atoms with Crippen LogP contribution in [0.3, 0.4) is 0 Å². The predicted octanol–water partition coefficient (Wildman–Crippen LogP) is 2.77. The van der Waals surface area contributed by atoms with Crippen LogP contribution in [-0.2, 0) is 16.4 Å². The number of benzene rings is 2. The average molecular weight is 429 g/mol. The van der Waals surface area contributed by atoms with Crippen LogP contribution < -0.4 is 9.47 Å². The van der Waals surface area contributed by atoms with Crippen molar-refractivity contribution in [3.63, 3.8) is 0 Å². The molecule has 8 nitrogen and oxygen atoms in total. The molecule has 158 valence electrons. The van der Waals surface area contributed by atoms with Gasteiger partial charge in [0.15, 0.2) is 5.82 Å². The lowest BCUT2D eigenvalue weighted by Crippen LogP contribution is -2.48. The van der Waals surface area contributed by atoms with Crippen molar-refractivity contribution in [3.8, 4) is 11.5 Å². The molecule has 0 amide bonds. The maximum absolute atomic E-state index is 13.0. The molecule has 9 heteroatoms. The summed E-state index contributed by atoms with van der Waals surface area (Å²) in [7, 11) is -0.576. The first kappa shape index (κ1) is 20.4. The number of ether oxygens (including phenoxy) is 2. The summed E-state index contributed by atoms with van der Waals surface area (Å²) < 4.78 is 43.4. The lowest BCUT2D eigenvalue weighted by Gasteiger charge is -2.36. The molecule has 1 aliphatic heterocycles. The number of rotatable bonds is 7. The second-order valence-electron chi connectivity index (χ2n) is 7.21. The van der Waals surface area contributed by atoms with Gasteiger partial charge in [-0.15, -0.1) is 0 Å². The number of para-hydroxylation sites is 1. The molecule has 0 saturated carbocycles. The van der Waals surface area contributed by atoms with E-state index in [9.17, 15) is 8.42 Å². The largest absolute Gasteiger partial charge is 0.496 e. The maximum atomic E-state index is 13.0. The van der Waals surface area contributed by atoms with Gasteiger partial charge < -0.3 is 14.0 Å². The van der Waals surface area contributed by atoms with Crippen molar-refractivity contribution in [3.05, 3.63) is 65.3 Å². The molecule has 0 radical (unpaired) electrons. The third-order valence-corrected chi connectivity index (χ3v) is 7.01. The number of sulfonamides is 1. The average Bonchev–Trinajstić information content (AvgIpc) is 3.15. The topological polar surface area (TPSA) is 94.8 Å². The minimum Gasteiger partial charge on any atom is -0.496 e. The van der Waals surface area contributed by atoms with Gasteiger partial charge >= 0.3 is 0 Å². The third-order valence-electron chi connectivity index (χ3n) is 5.16. The van der Waals surface area contributed by atoms with E-state index in [0.717, 1.165) is 16.9 Å². The number of hydrogen-bond donors (Lipinski definition) is 0. The highest BCUT2D eigenvalue weighted by Crippen LogP contribution is 2.35. The summed E-state index contributed by atoms with van der Waals surface area (Å²) in [5.41, 5.74) is 1.81. The molecule has 0 atom stereocenters. The molecular formula is C21H23N3O5S. The first-order valence-electron chi connectivity index (χ1n) is 9.51. The number of nitrogens with zero attached hydrogens (tertiary/aromatic N) is 3. The normalized spacial score (nSPS) is 15.0. The van der Waals surface area contributed by atoms with E-state index in [4.69, 9.17) is 14.0 Å². The number of hydrogen-bond acceptors (Lipinski definition) is 7. The van der Waals surface area contributed by atoms with Crippen molar-refractivity contribution in [2.24, 2.45) is 0 Å². The molecular weight excluding hydrogens is 406 g/mol.